The zero-order chi connectivity index (χ0) is 18.1. The van der Waals surface area contributed by atoms with E-state index >= 15 is 0 Å². The molecule has 0 aliphatic carbocycles. The summed E-state index contributed by atoms with van der Waals surface area (Å²) in [5.41, 5.74) is 3.49. The van der Waals surface area contributed by atoms with E-state index in [-0.39, 0.29) is 12.5 Å². The number of benzene rings is 2. The van der Waals surface area contributed by atoms with Gasteiger partial charge in [-0.05, 0) is 49.2 Å². The first-order chi connectivity index (χ1) is 11.9. The third kappa shape index (κ3) is 3.73. The Kier molecular flexibility index (Phi) is 5.18. The van der Waals surface area contributed by atoms with Crippen molar-refractivity contribution in [2.75, 3.05) is 6.61 Å². The molecule has 0 aliphatic heterocycles. The molecule has 0 atom stereocenters. The van der Waals surface area contributed by atoms with Gasteiger partial charge in [0.05, 0.1) is 15.2 Å². The third-order valence-electron chi connectivity index (χ3n) is 3.95. The van der Waals surface area contributed by atoms with Gasteiger partial charge in [0, 0.05) is 12.1 Å². The summed E-state index contributed by atoms with van der Waals surface area (Å²) in [5.74, 6) is 0.0318. The summed E-state index contributed by atoms with van der Waals surface area (Å²) in [5, 5.41) is 0.871. The maximum absolute atomic E-state index is 12.2. The molecular weight excluding hydrogens is 379 g/mol. The fourth-order valence-electron chi connectivity index (χ4n) is 2.51. The van der Waals surface area contributed by atoms with Gasteiger partial charge in [0.2, 0.25) is 0 Å². The van der Waals surface area contributed by atoms with Gasteiger partial charge in [0.1, 0.15) is 5.75 Å². The number of aryl methyl sites for hydroxylation is 3. The Morgan fingerprint density at radius 1 is 1.24 bits per heavy atom. The number of thiazole rings is 1. The maximum Gasteiger partial charge on any atom is 0.286 e. The minimum absolute atomic E-state index is 0.187. The van der Waals surface area contributed by atoms with Gasteiger partial charge in [-0.15, -0.1) is 0 Å². The lowest BCUT2D eigenvalue weighted by atomic mass is 10.1. The number of nitrogens with zero attached hydrogens (tertiary/aromatic N) is 2. The normalized spacial score (nSPS) is 12.0. The van der Waals surface area contributed by atoms with Gasteiger partial charge in [-0.25, -0.2) is 0 Å². The van der Waals surface area contributed by atoms with Crippen LogP contribution in [0.1, 0.15) is 11.1 Å². The second kappa shape index (κ2) is 7.20. The number of rotatable bonds is 3. The summed E-state index contributed by atoms with van der Waals surface area (Å²) in [6, 6.07) is 8.98. The van der Waals surface area contributed by atoms with Crippen LogP contribution in [-0.4, -0.2) is 17.1 Å². The van der Waals surface area contributed by atoms with Gasteiger partial charge in [-0.2, -0.15) is 4.99 Å². The van der Waals surface area contributed by atoms with Crippen molar-refractivity contribution >= 4 is 50.7 Å². The van der Waals surface area contributed by atoms with Crippen molar-refractivity contribution in [3.8, 4) is 5.75 Å². The van der Waals surface area contributed by atoms with Gasteiger partial charge in [-0.1, -0.05) is 40.6 Å². The Balaban J connectivity index is 1.85. The molecule has 7 heteroatoms. The van der Waals surface area contributed by atoms with E-state index in [2.05, 4.69) is 31.0 Å². The number of hydrogen-bond acceptors (Lipinski definition) is 3. The number of halogens is 2. The van der Waals surface area contributed by atoms with Crippen LogP contribution in [0.15, 0.2) is 35.3 Å². The van der Waals surface area contributed by atoms with Crippen molar-refractivity contribution in [3.63, 3.8) is 0 Å². The van der Waals surface area contributed by atoms with Crippen molar-refractivity contribution in [1.82, 2.24) is 4.57 Å². The lowest BCUT2D eigenvalue weighted by molar-refractivity contribution is -0.120. The first-order valence-electron chi connectivity index (χ1n) is 7.58. The molecule has 0 aliphatic rings. The highest BCUT2D eigenvalue weighted by Gasteiger charge is 2.10. The van der Waals surface area contributed by atoms with Crippen LogP contribution >= 0.6 is 34.5 Å². The Bertz CT molecular complexity index is 1040. The first-order valence-corrected chi connectivity index (χ1v) is 9.15. The number of fused-ring (bicyclic) bond motifs is 1. The Morgan fingerprint density at radius 2 is 2.00 bits per heavy atom. The standard InChI is InChI=1S/C18H16Cl2N2O2S/c1-10-4-7-15-17(11(10)2)22(3)18(25-15)21-16(23)9-24-14-6-5-12(19)8-13(14)20/h4-8H,9H2,1-3H3. The van der Waals surface area contributed by atoms with Crippen molar-refractivity contribution < 1.29 is 9.53 Å². The van der Waals surface area contributed by atoms with E-state index in [9.17, 15) is 4.79 Å². The number of carbonyl (C=O) groups is 1. The van der Waals surface area contributed by atoms with Crippen molar-refractivity contribution in [2.24, 2.45) is 12.0 Å². The summed E-state index contributed by atoms with van der Waals surface area (Å²) in [7, 11) is 1.91. The Morgan fingerprint density at radius 3 is 2.72 bits per heavy atom. The van der Waals surface area contributed by atoms with Gasteiger partial charge in [0.25, 0.3) is 5.91 Å². The molecule has 3 rings (SSSR count). The smallest absolute Gasteiger partial charge is 0.286 e. The molecule has 0 spiro atoms. The third-order valence-corrected chi connectivity index (χ3v) is 5.58. The van der Waals surface area contributed by atoms with E-state index in [4.69, 9.17) is 27.9 Å². The fourth-order valence-corrected chi connectivity index (χ4v) is 4.06. The van der Waals surface area contributed by atoms with Gasteiger partial charge in [0.15, 0.2) is 11.4 Å². The second-order valence-electron chi connectivity index (χ2n) is 5.67. The molecule has 0 fully saturated rings. The van der Waals surface area contributed by atoms with E-state index < -0.39 is 0 Å². The molecule has 25 heavy (non-hydrogen) atoms. The number of carbonyl (C=O) groups excluding carboxylic acids is 1. The molecule has 0 saturated carbocycles. The topological polar surface area (TPSA) is 43.6 Å². The van der Waals surface area contributed by atoms with Crippen molar-refractivity contribution in [3.05, 3.63) is 56.3 Å². The molecule has 0 radical (unpaired) electrons. The summed E-state index contributed by atoms with van der Waals surface area (Å²) in [4.78, 5) is 17.0. The van der Waals surface area contributed by atoms with Crippen LogP contribution < -0.4 is 9.54 Å². The largest absolute Gasteiger partial charge is 0.482 e. The van der Waals surface area contributed by atoms with Crippen LogP contribution in [-0.2, 0) is 11.8 Å². The van der Waals surface area contributed by atoms with Crippen LogP contribution in [0.3, 0.4) is 0 Å². The number of amides is 1. The predicted molar refractivity (Wildman–Crippen MR) is 103 cm³/mol. The zero-order valence-electron chi connectivity index (χ0n) is 14.0. The molecule has 1 amide bonds. The van der Waals surface area contributed by atoms with Crippen LogP contribution in [0, 0.1) is 13.8 Å². The summed E-state index contributed by atoms with van der Waals surface area (Å²) in [6.07, 6.45) is 0. The van der Waals surface area contributed by atoms with E-state index in [1.807, 2.05) is 11.6 Å². The highest BCUT2D eigenvalue weighted by Crippen LogP contribution is 2.27. The van der Waals surface area contributed by atoms with E-state index in [1.165, 1.54) is 22.5 Å². The van der Waals surface area contributed by atoms with E-state index in [0.29, 0.717) is 20.6 Å². The van der Waals surface area contributed by atoms with Crippen LogP contribution in [0.2, 0.25) is 10.0 Å². The fraction of sp³-hybridized carbons (Fsp3) is 0.222. The quantitative estimate of drug-likeness (QED) is 0.647. The summed E-state index contributed by atoms with van der Waals surface area (Å²) >= 11 is 13.3. The average molecular weight is 395 g/mol. The highest BCUT2D eigenvalue weighted by atomic mass is 35.5. The number of aromatic nitrogens is 1. The van der Waals surface area contributed by atoms with E-state index in [0.717, 1.165) is 10.2 Å². The van der Waals surface area contributed by atoms with E-state index in [1.54, 1.807) is 18.2 Å². The van der Waals surface area contributed by atoms with Crippen molar-refractivity contribution in [1.29, 1.82) is 0 Å². The lowest BCUT2D eigenvalue weighted by Crippen LogP contribution is -2.17. The molecule has 2 aromatic carbocycles. The molecule has 1 aromatic heterocycles. The molecule has 1 heterocycles. The minimum Gasteiger partial charge on any atom is -0.482 e. The first kappa shape index (κ1) is 18.0. The molecule has 0 saturated heterocycles. The monoisotopic (exact) mass is 394 g/mol. The van der Waals surface area contributed by atoms with Gasteiger partial charge in [-0.3, -0.25) is 4.79 Å². The van der Waals surface area contributed by atoms with Crippen LogP contribution in [0.25, 0.3) is 10.2 Å². The van der Waals surface area contributed by atoms with Crippen LogP contribution in [0.5, 0.6) is 5.75 Å². The molecule has 3 aromatic rings. The SMILES string of the molecule is Cc1ccc2sc(=NC(=O)COc3ccc(Cl)cc3Cl)n(C)c2c1C. The van der Waals surface area contributed by atoms with Gasteiger partial charge < -0.3 is 9.30 Å². The minimum atomic E-state index is -0.373. The molecule has 0 N–H and O–H groups in total. The molecule has 0 bridgehead atoms. The molecular formula is C18H16Cl2N2O2S. The second-order valence-corrected chi connectivity index (χ2v) is 7.52. The lowest BCUT2D eigenvalue weighted by Gasteiger charge is -2.05. The molecule has 4 nitrogen and oxygen atoms in total. The van der Waals surface area contributed by atoms with Crippen molar-refractivity contribution in [2.45, 2.75) is 13.8 Å². The maximum atomic E-state index is 12.2. The summed E-state index contributed by atoms with van der Waals surface area (Å²) in [6.45, 7) is 3.95. The Labute approximate surface area is 159 Å². The zero-order valence-corrected chi connectivity index (χ0v) is 16.3. The predicted octanol–water partition coefficient (Wildman–Crippen LogP) is 4.67. The summed E-state index contributed by atoms with van der Waals surface area (Å²) < 4.78 is 8.48. The molecule has 130 valence electrons. The highest BCUT2D eigenvalue weighted by molar-refractivity contribution is 7.16. The number of hydrogen-bond donors (Lipinski definition) is 0. The molecule has 0 unspecified atom stereocenters. The number of ether oxygens (including phenoxy) is 1. The van der Waals surface area contributed by atoms with Gasteiger partial charge >= 0.3 is 0 Å². The van der Waals surface area contributed by atoms with Crippen LogP contribution in [0.4, 0.5) is 0 Å². The average Bonchev–Trinajstić information content (AvgIpc) is 2.87. The Hall–Kier alpha value is -1.82.